The first kappa shape index (κ1) is 11.6. The summed E-state index contributed by atoms with van der Waals surface area (Å²) in [5.41, 5.74) is 0.915. The largest absolute Gasteiger partial charge is 0.481 e. The molecule has 98 valence electrons. The van der Waals surface area contributed by atoms with Crippen LogP contribution in [0.4, 0.5) is 5.82 Å². The lowest BCUT2D eigenvalue weighted by atomic mass is 10.0. The van der Waals surface area contributed by atoms with E-state index in [9.17, 15) is 4.79 Å². The zero-order valence-corrected chi connectivity index (χ0v) is 10.4. The van der Waals surface area contributed by atoms with E-state index in [2.05, 4.69) is 15.3 Å². The fraction of sp³-hybridized carbons (Fsp3) is 0.333. The molecule has 3 heterocycles. The van der Waals surface area contributed by atoms with Crippen molar-refractivity contribution in [2.24, 2.45) is 5.92 Å². The van der Waals surface area contributed by atoms with Crippen LogP contribution in [0.3, 0.4) is 0 Å². The van der Waals surface area contributed by atoms with Gasteiger partial charge in [-0.3, -0.25) is 4.79 Å². The monoisotopic (exact) mass is 259 g/mol. The number of carboxylic acids is 1. The van der Waals surface area contributed by atoms with E-state index in [1.165, 1.54) is 0 Å². The van der Waals surface area contributed by atoms with Crippen LogP contribution in [0, 0.1) is 12.8 Å². The van der Waals surface area contributed by atoms with E-state index in [4.69, 9.17) is 5.11 Å². The van der Waals surface area contributed by atoms with E-state index < -0.39 is 5.97 Å². The summed E-state index contributed by atoms with van der Waals surface area (Å²) in [4.78, 5) is 12.6. The van der Waals surface area contributed by atoms with Gasteiger partial charge in [-0.1, -0.05) is 0 Å². The summed E-state index contributed by atoms with van der Waals surface area (Å²) in [6, 6.07) is 5.54. The number of hydrogen-bond donors (Lipinski definition) is 1. The predicted octanol–water partition coefficient (Wildman–Crippen LogP) is 0.492. The summed E-state index contributed by atoms with van der Waals surface area (Å²) in [5, 5.41) is 21.3. The third-order valence-electron chi connectivity index (χ3n) is 3.15. The summed E-state index contributed by atoms with van der Waals surface area (Å²) in [6.45, 7) is 2.89. The van der Waals surface area contributed by atoms with Crippen LogP contribution in [-0.4, -0.2) is 44.1 Å². The molecule has 0 atom stereocenters. The molecule has 0 saturated carbocycles. The third kappa shape index (κ3) is 2.14. The topological polar surface area (TPSA) is 84.1 Å². The van der Waals surface area contributed by atoms with Gasteiger partial charge in [0.05, 0.1) is 11.6 Å². The second-order valence-electron chi connectivity index (χ2n) is 4.59. The van der Waals surface area contributed by atoms with Crippen molar-refractivity contribution in [3.05, 3.63) is 30.1 Å². The van der Waals surface area contributed by atoms with Gasteiger partial charge < -0.3 is 10.0 Å². The molecule has 1 aliphatic rings. The second kappa shape index (κ2) is 4.34. The number of anilines is 1. The maximum Gasteiger partial charge on any atom is 0.310 e. The predicted molar refractivity (Wildman–Crippen MR) is 67.2 cm³/mol. The molecule has 0 bridgehead atoms. The van der Waals surface area contributed by atoms with Crippen molar-refractivity contribution in [1.29, 1.82) is 0 Å². The Hall–Kier alpha value is -2.44. The first-order chi connectivity index (χ1) is 9.13. The molecule has 7 nitrogen and oxygen atoms in total. The first-order valence-corrected chi connectivity index (χ1v) is 5.97. The number of aromatic nitrogens is 4. The lowest BCUT2D eigenvalue weighted by Gasteiger charge is -2.37. The van der Waals surface area contributed by atoms with E-state index in [0.29, 0.717) is 24.7 Å². The van der Waals surface area contributed by atoms with Gasteiger partial charge in [0, 0.05) is 19.3 Å². The van der Waals surface area contributed by atoms with Gasteiger partial charge in [0.1, 0.15) is 0 Å². The number of carbonyl (C=O) groups is 1. The van der Waals surface area contributed by atoms with Crippen LogP contribution in [0.25, 0.3) is 5.82 Å². The molecule has 2 aromatic rings. The number of aryl methyl sites for hydroxylation is 1. The van der Waals surface area contributed by atoms with Gasteiger partial charge >= 0.3 is 5.97 Å². The quantitative estimate of drug-likeness (QED) is 0.863. The van der Waals surface area contributed by atoms with E-state index >= 15 is 0 Å². The molecule has 0 spiro atoms. The third-order valence-corrected chi connectivity index (χ3v) is 3.15. The van der Waals surface area contributed by atoms with E-state index in [1.807, 2.05) is 36.2 Å². The van der Waals surface area contributed by atoms with E-state index in [-0.39, 0.29) is 5.92 Å². The number of aliphatic carboxylic acids is 1. The molecule has 0 amide bonds. The Bertz CT molecular complexity index is 601. The van der Waals surface area contributed by atoms with Crippen molar-refractivity contribution in [3.63, 3.8) is 0 Å². The molecular formula is C12H13N5O2. The maximum atomic E-state index is 10.7. The van der Waals surface area contributed by atoms with Crippen molar-refractivity contribution in [1.82, 2.24) is 20.0 Å². The van der Waals surface area contributed by atoms with Gasteiger partial charge in [0.2, 0.25) is 0 Å². The summed E-state index contributed by atoms with van der Waals surface area (Å²) >= 11 is 0. The zero-order chi connectivity index (χ0) is 13.4. The first-order valence-electron chi connectivity index (χ1n) is 5.97. The van der Waals surface area contributed by atoms with Gasteiger partial charge in [-0.25, -0.2) is 4.68 Å². The lowest BCUT2D eigenvalue weighted by molar-refractivity contribution is -0.142. The molecule has 1 aliphatic heterocycles. The highest BCUT2D eigenvalue weighted by atomic mass is 16.4. The Labute approximate surface area is 109 Å². The van der Waals surface area contributed by atoms with Crippen molar-refractivity contribution in [2.45, 2.75) is 6.92 Å². The average Bonchev–Trinajstić information content (AvgIpc) is 2.74. The highest BCUT2D eigenvalue weighted by molar-refractivity contribution is 5.74. The molecule has 7 heteroatoms. The summed E-state index contributed by atoms with van der Waals surface area (Å²) in [6.07, 6.45) is 1.82. The van der Waals surface area contributed by atoms with E-state index in [0.717, 1.165) is 5.69 Å². The fourth-order valence-corrected chi connectivity index (χ4v) is 1.97. The molecule has 1 fully saturated rings. The van der Waals surface area contributed by atoms with Crippen LogP contribution >= 0.6 is 0 Å². The SMILES string of the molecule is Cc1ccn(-c2ccc(N3CC(C(=O)O)C3)nn2)n1. The number of rotatable bonds is 3. The molecule has 0 radical (unpaired) electrons. The van der Waals surface area contributed by atoms with Gasteiger partial charge in [-0.05, 0) is 25.1 Å². The Morgan fingerprint density at radius 1 is 1.26 bits per heavy atom. The molecule has 1 N–H and O–H groups in total. The Balaban J connectivity index is 1.72. The fourth-order valence-electron chi connectivity index (χ4n) is 1.97. The molecule has 19 heavy (non-hydrogen) atoms. The molecule has 2 aromatic heterocycles. The van der Waals surface area contributed by atoms with Gasteiger partial charge in [0.25, 0.3) is 0 Å². The number of nitrogens with zero attached hydrogens (tertiary/aromatic N) is 5. The second-order valence-corrected chi connectivity index (χ2v) is 4.59. The lowest BCUT2D eigenvalue weighted by Crippen LogP contribution is -2.50. The Morgan fingerprint density at radius 2 is 1.95 bits per heavy atom. The van der Waals surface area contributed by atoms with Crippen molar-refractivity contribution < 1.29 is 9.90 Å². The molecular weight excluding hydrogens is 246 g/mol. The standard InChI is InChI=1S/C12H13N5O2/c1-8-4-5-17(15-8)11-3-2-10(13-14-11)16-6-9(7-16)12(18)19/h2-5,9H,6-7H2,1H3,(H,18,19). The van der Waals surface area contributed by atoms with Crippen molar-refractivity contribution in [2.75, 3.05) is 18.0 Å². The minimum absolute atomic E-state index is 0.296. The molecule has 0 unspecified atom stereocenters. The van der Waals surface area contributed by atoms with Crippen molar-refractivity contribution >= 4 is 11.8 Å². The maximum absolute atomic E-state index is 10.7. The summed E-state index contributed by atoms with van der Waals surface area (Å²) < 4.78 is 1.66. The summed E-state index contributed by atoms with van der Waals surface area (Å²) in [7, 11) is 0. The van der Waals surface area contributed by atoms with Crippen LogP contribution in [0.5, 0.6) is 0 Å². The zero-order valence-electron chi connectivity index (χ0n) is 10.4. The Kier molecular flexibility index (Phi) is 2.66. The minimum Gasteiger partial charge on any atom is -0.481 e. The normalized spacial score (nSPS) is 15.3. The van der Waals surface area contributed by atoms with Crippen LogP contribution in [0.15, 0.2) is 24.4 Å². The van der Waals surface area contributed by atoms with E-state index in [1.54, 1.807) is 4.68 Å². The highest BCUT2D eigenvalue weighted by Gasteiger charge is 2.33. The van der Waals surface area contributed by atoms with Crippen LogP contribution in [-0.2, 0) is 4.79 Å². The van der Waals surface area contributed by atoms with Crippen molar-refractivity contribution in [3.8, 4) is 5.82 Å². The molecule has 0 aliphatic carbocycles. The Morgan fingerprint density at radius 3 is 2.47 bits per heavy atom. The van der Waals surface area contributed by atoms with Gasteiger partial charge in [-0.2, -0.15) is 5.10 Å². The number of carboxylic acid groups (broad SMARTS) is 1. The average molecular weight is 259 g/mol. The van der Waals surface area contributed by atoms with Crippen LogP contribution in [0.1, 0.15) is 5.69 Å². The highest BCUT2D eigenvalue weighted by Crippen LogP contribution is 2.22. The molecule has 0 aromatic carbocycles. The van der Waals surface area contributed by atoms with Gasteiger partial charge in [-0.15, -0.1) is 10.2 Å². The van der Waals surface area contributed by atoms with Gasteiger partial charge in [0.15, 0.2) is 11.6 Å². The molecule has 1 saturated heterocycles. The summed E-state index contributed by atoms with van der Waals surface area (Å²) in [5.74, 6) is 0.292. The smallest absolute Gasteiger partial charge is 0.310 e. The minimum atomic E-state index is -0.757. The molecule has 3 rings (SSSR count). The number of hydrogen-bond acceptors (Lipinski definition) is 5. The van der Waals surface area contributed by atoms with Crippen LogP contribution in [0.2, 0.25) is 0 Å². The van der Waals surface area contributed by atoms with Crippen LogP contribution < -0.4 is 4.90 Å².